The van der Waals surface area contributed by atoms with E-state index in [2.05, 4.69) is 13.8 Å². The van der Waals surface area contributed by atoms with E-state index in [0.717, 1.165) is 38.0 Å². The van der Waals surface area contributed by atoms with Crippen molar-refractivity contribution in [2.45, 2.75) is 83.7 Å². The van der Waals surface area contributed by atoms with Crippen LogP contribution in [0, 0.1) is 28.6 Å². The summed E-state index contributed by atoms with van der Waals surface area (Å²) in [6.07, 6.45) is 12.3. The molecule has 0 aromatic heterocycles. The zero-order valence-electron chi connectivity index (χ0n) is 15.6. The number of hydrogen-bond acceptors (Lipinski definition) is 3. The zero-order valence-corrected chi connectivity index (χ0v) is 15.6. The highest BCUT2D eigenvalue weighted by Crippen LogP contribution is 2.69. The van der Waals surface area contributed by atoms with Crippen LogP contribution in [0.2, 0.25) is 0 Å². The van der Waals surface area contributed by atoms with Crippen LogP contribution in [0.1, 0.15) is 78.1 Å². The average Bonchev–Trinajstić information content (AvgIpc) is 3.10. The van der Waals surface area contributed by atoms with Gasteiger partial charge in [-0.05, 0) is 80.6 Å². The summed E-state index contributed by atoms with van der Waals surface area (Å²) in [6.45, 7) is 4.86. The van der Waals surface area contributed by atoms with Crippen molar-refractivity contribution in [3.63, 3.8) is 0 Å². The fourth-order valence-corrected chi connectivity index (χ4v) is 7.85. The van der Waals surface area contributed by atoms with Crippen LogP contribution < -0.4 is 0 Å². The molecule has 1 saturated heterocycles. The molecule has 25 heavy (non-hydrogen) atoms. The Morgan fingerprint density at radius 3 is 2.48 bits per heavy atom. The van der Waals surface area contributed by atoms with Gasteiger partial charge in [0.1, 0.15) is 5.60 Å². The third-order valence-corrected chi connectivity index (χ3v) is 9.29. The van der Waals surface area contributed by atoms with Crippen molar-refractivity contribution < 1.29 is 14.3 Å². The van der Waals surface area contributed by atoms with Crippen molar-refractivity contribution in [1.29, 1.82) is 0 Å². The van der Waals surface area contributed by atoms with E-state index < -0.39 is 0 Å². The summed E-state index contributed by atoms with van der Waals surface area (Å²) in [7, 11) is 0. The summed E-state index contributed by atoms with van der Waals surface area (Å²) >= 11 is 0. The Bertz CT molecular complexity index is 679. The van der Waals surface area contributed by atoms with Crippen LogP contribution in [-0.4, -0.2) is 17.4 Å². The quantitative estimate of drug-likeness (QED) is 0.605. The number of ether oxygens (including phenoxy) is 1. The van der Waals surface area contributed by atoms with E-state index >= 15 is 0 Å². The lowest BCUT2D eigenvalue weighted by atomic mass is 9.46. The third-order valence-electron chi connectivity index (χ3n) is 9.29. The van der Waals surface area contributed by atoms with Gasteiger partial charge in [-0.25, -0.2) is 0 Å². The number of fused-ring (bicyclic) bond motifs is 6. The highest BCUT2D eigenvalue weighted by Gasteiger charge is 2.66. The van der Waals surface area contributed by atoms with Crippen molar-refractivity contribution in [2.75, 3.05) is 0 Å². The molecule has 5 rings (SSSR count). The van der Waals surface area contributed by atoms with Gasteiger partial charge in [-0.2, -0.15) is 0 Å². The molecule has 0 bridgehead atoms. The van der Waals surface area contributed by atoms with Gasteiger partial charge in [0.2, 0.25) is 0 Å². The number of esters is 1. The standard InChI is InChI=1S/C22H30O3/c1-20-9-5-15(23)13-14(20)3-4-16-17(20)6-10-21(2)18(16)7-11-22(21)12-8-19(24)25-22/h13,16-18H,3-12H2,1-2H3/t16?,17?,18?,20-,21-,22-/m0/s1. The normalized spacial score (nSPS) is 51.6. The molecule has 3 saturated carbocycles. The molecule has 5 aliphatic rings. The fraction of sp³-hybridized carbons (Fsp3) is 0.818. The molecule has 1 heterocycles. The SMILES string of the molecule is C[C@]12CCC(=O)C=C1CCC1C2CC[C@@]2(C)C1CC[C@]21CCC(=O)O1. The maximum absolute atomic E-state index is 11.9. The maximum atomic E-state index is 11.9. The predicted octanol–water partition coefficient (Wildman–Crippen LogP) is 4.59. The number of ketones is 1. The van der Waals surface area contributed by atoms with Crippen molar-refractivity contribution in [3.05, 3.63) is 11.6 Å². The Kier molecular flexibility index (Phi) is 3.21. The van der Waals surface area contributed by atoms with Crippen molar-refractivity contribution in [2.24, 2.45) is 28.6 Å². The van der Waals surface area contributed by atoms with Crippen molar-refractivity contribution in [3.8, 4) is 0 Å². The van der Waals surface area contributed by atoms with E-state index in [1.807, 2.05) is 6.08 Å². The minimum Gasteiger partial charge on any atom is -0.458 e. The highest BCUT2D eigenvalue weighted by atomic mass is 16.6. The van der Waals surface area contributed by atoms with Crippen LogP contribution in [0.3, 0.4) is 0 Å². The van der Waals surface area contributed by atoms with E-state index in [9.17, 15) is 9.59 Å². The van der Waals surface area contributed by atoms with Crippen LogP contribution in [0.4, 0.5) is 0 Å². The minimum atomic E-state index is -0.167. The van der Waals surface area contributed by atoms with Crippen molar-refractivity contribution in [1.82, 2.24) is 0 Å². The number of carbonyl (C=O) groups is 2. The Hall–Kier alpha value is -1.12. The first kappa shape index (κ1) is 16.1. The van der Waals surface area contributed by atoms with E-state index in [-0.39, 0.29) is 22.4 Å². The molecule has 0 aromatic rings. The van der Waals surface area contributed by atoms with Gasteiger partial charge in [-0.15, -0.1) is 0 Å². The molecular weight excluding hydrogens is 312 g/mol. The number of rotatable bonds is 0. The number of hydrogen-bond donors (Lipinski definition) is 0. The number of allylic oxidation sites excluding steroid dienone is 1. The lowest BCUT2D eigenvalue weighted by molar-refractivity contribution is -0.168. The Morgan fingerprint density at radius 1 is 0.920 bits per heavy atom. The first-order chi connectivity index (χ1) is 11.9. The van der Waals surface area contributed by atoms with Crippen LogP contribution in [0.5, 0.6) is 0 Å². The van der Waals surface area contributed by atoms with Gasteiger partial charge in [0.15, 0.2) is 5.78 Å². The third kappa shape index (κ3) is 1.93. The van der Waals surface area contributed by atoms with E-state index in [1.165, 1.54) is 31.3 Å². The first-order valence-electron chi connectivity index (χ1n) is 10.3. The molecule has 4 fully saturated rings. The largest absolute Gasteiger partial charge is 0.458 e. The van der Waals surface area contributed by atoms with Crippen LogP contribution in [0.25, 0.3) is 0 Å². The minimum absolute atomic E-state index is 0.0237. The molecule has 4 aliphatic carbocycles. The Balaban J connectivity index is 1.49. The molecule has 0 amide bonds. The highest BCUT2D eigenvalue weighted by molar-refractivity contribution is 5.91. The molecular formula is C22H30O3. The second-order valence-electron chi connectivity index (χ2n) is 9.93. The summed E-state index contributed by atoms with van der Waals surface area (Å²) in [5, 5.41) is 0. The fourth-order valence-electron chi connectivity index (χ4n) is 7.85. The summed E-state index contributed by atoms with van der Waals surface area (Å²) in [5.74, 6) is 2.51. The van der Waals surface area contributed by atoms with Gasteiger partial charge < -0.3 is 4.74 Å². The smallest absolute Gasteiger partial charge is 0.306 e. The lowest BCUT2D eigenvalue weighted by Crippen LogP contribution is -2.54. The van der Waals surface area contributed by atoms with Gasteiger partial charge in [-0.3, -0.25) is 9.59 Å². The molecule has 1 spiro atoms. The molecule has 0 N–H and O–H groups in total. The molecule has 3 heteroatoms. The molecule has 3 unspecified atom stereocenters. The van der Waals surface area contributed by atoms with Gasteiger partial charge in [0, 0.05) is 18.3 Å². The van der Waals surface area contributed by atoms with Gasteiger partial charge in [0.05, 0.1) is 0 Å². The summed E-state index contributed by atoms with van der Waals surface area (Å²) in [5.41, 5.74) is 1.68. The lowest BCUT2D eigenvalue weighted by Gasteiger charge is -2.59. The van der Waals surface area contributed by atoms with Crippen LogP contribution in [0.15, 0.2) is 11.6 Å². The van der Waals surface area contributed by atoms with Crippen LogP contribution >= 0.6 is 0 Å². The van der Waals surface area contributed by atoms with Gasteiger partial charge in [-0.1, -0.05) is 19.4 Å². The molecule has 6 atom stereocenters. The zero-order chi connectivity index (χ0) is 17.4. The molecule has 0 radical (unpaired) electrons. The predicted molar refractivity (Wildman–Crippen MR) is 94.8 cm³/mol. The van der Waals surface area contributed by atoms with Crippen LogP contribution in [-0.2, 0) is 14.3 Å². The molecule has 0 aromatic carbocycles. The Labute approximate surface area is 150 Å². The van der Waals surface area contributed by atoms with Gasteiger partial charge in [0.25, 0.3) is 0 Å². The molecule has 1 aliphatic heterocycles. The van der Waals surface area contributed by atoms with E-state index in [1.54, 1.807) is 0 Å². The second kappa shape index (κ2) is 4.98. The average molecular weight is 342 g/mol. The second-order valence-corrected chi connectivity index (χ2v) is 9.93. The number of carbonyl (C=O) groups excluding carboxylic acids is 2. The topological polar surface area (TPSA) is 43.4 Å². The molecule has 3 nitrogen and oxygen atoms in total. The maximum Gasteiger partial charge on any atom is 0.306 e. The summed E-state index contributed by atoms with van der Waals surface area (Å²) < 4.78 is 6.01. The Morgan fingerprint density at radius 2 is 1.72 bits per heavy atom. The monoisotopic (exact) mass is 342 g/mol. The van der Waals surface area contributed by atoms with Crippen molar-refractivity contribution >= 4 is 11.8 Å². The first-order valence-corrected chi connectivity index (χ1v) is 10.3. The van der Waals surface area contributed by atoms with E-state index in [0.29, 0.717) is 24.0 Å². The van der Waals surface area contributed by atoms with E-state index in [4.69, 9.17) is 4.74 Å². The van der Waals surface area contributed by atoms with Gasteiger partial charge >= 0.3 is 5.97 Å². The summed E-state index contributed by atoms with van der Waals surface area (Å²) in [4.78, 5) is 23.8. The summed E-state index contributed by atoms with van der Waals surface area (Å²) in [6, 6.07) is 0. The molecule has 136 valence electrons.